The van der Waals surface area contributed by atoms with Crippen molar-refractivity contribution in [1.29, 1.82) is 0 Å². The normalized spacial score (nSPS) is 21.8. The summed E-state index contributed by atoms with van der Waals surface area (Å²) in [5.74, 6) is -0.934. The maximum absolute atomic E-state index is 13.1. The van der Waals surface area contributed by atoms with E-state index in [1.165, 1.54) is 24.1 Å². The average Bonchev–Trinajstić information content (AvgIpc) is 2.51. The van der Waals surface area contributed by atoms with E-state index in [2.05, 4.69) is 5.32 Å². The molecule has 6 nitrogen and oxygen atoms in total. The number of nitrogens with zero attached hydrogens (tertiary/aromatic N) is 1. The molecule has 1 aliphatic heterocycles. The summed E-state index contributed by atoms with van der Waals surface area (Å²) >= 11 is 0. The molecule has 1 aromatic rings. The fraction of sp³-hybridized carbons (Fsp3) is 0.467. The number of amides is 2. The standard InChI is InChI=1S/C15H19FN2O4/c1-18-12(19)9-22-14(15(20)17-7-8-21-2)13(18)10-3-5-11(16)6-4-10/h3-6,13-14H,7-9H2,1-2H3,(H,17,20)/t13-,14-/m0/s1. The van der Waals surface area contributed by atoms with Crippen LogP contribution >= 0.6 is 0 Å². The monoisotopic (exact) mass is 310 g/mol. The van der Waals surface area contributed by atoms with Gasteiger partial charge in [0.1, 0.15) is 12.4 Å². The average molecular weight is 310 g/mol. The summed E-state index contributed by atoms with van der Waals surface area (Å²) < 4.78 is 23.4. The van der Waals surface area contributed by atoms with E-state index in [4.69, 9.17) is 9.47 Å². The molecular weight excluding hydrogens is 291 g/mol. The molecule has 2 amide bonds. The largest absolute Gasteiger partial charge is 0.383 e. The van der Waals surface area contributed by atoms with Gasteiger partial charge in [-0.1, -0.05) is 12.1 Å². The van der Waals surface area contributed by atoms with E-state index in [0.29, 0.717) is 18.7 Å². The maximum atomic E-state index is 13.1. The zero-order valence-electron chi connectivity index (χ0n) is 12.5. The number of rotatable bonds is 5. The molecule has 1 heterocycles. The number of carbonyl (C=O) groups excluding carboxylic acids is 2. The number of ether oxygens (including phenoxy) is 2. The molecule has 2 atom stereocenters. The third kappa shape index (κ3) is 3.61. The van der Waals surface area contributed by atoms with Gasteiger partial charge in [-0.15, -0.1) is 0 Å². The Labute approximate surface area is 128 Å². The van der Waals surface area contributed by atoms with Crippen molar-refractivity contribution < 1.29 is 23.5 Å². The van der Waals surface area contributed by atoms with Crippen molar-refractivity contribution in [2.24, 2.45) is 0 Å². The predicted octanol–water partition coefficient (Wildman–Crippen LogP) is 0.487. The van der Waals surface area contributed by atoms with Crippen molar-refractivity contribution in [3.05, 3.63) is 35.6 Å². The lowest BCUT2D eigenvalue weighted by Gasteiger charge is -2.38. The van der Waals surface area contributed by atoms with Gasteiger partial charge in [0.15, 0.2) is 6.10 Å². The Hall–Kier alpha value is -1.99. The minimum Gasteiger partial charge on any atom is -0.383 e. The number of benzene rings is 1. The van der Waals surface area contributed by atoms with Crippen LogP contribution in [-0.2, 0) is 19.1 Å². The fourth-order valence-corrected chi connectivity index (χ4v) is 2.37. The van der Waals surface area contributed by atoms with E-state index in [0.717, 1.165) is 0 Å². The molecule has 120 valence electrons. The molecule has 0 bridgehead atoms. The van der Waals surface area contributed by atoms with Crippen molar-refractivity contribution in [3.63, 3.8) is 0 Å². The summed E-state index contributed by atoms with van der Waals surface area (Å²) in [6, 6.07) is 5.09. The first-order chi connectivity index (χ1) is 10.5. The Morgan fingerprint density at radius 1 is 1.45 bits per heavy atom. The van der Waals surface area contributed by atoms with E-state index in [1.54, 1.807) is 19.2 Å². The first-order valence-corrected chi connectivity index (χ1v) is 6.94. The van der Waals surface area contributed by atoms with Gasteiger partial charge in [-0.05, 0) is 17.7 Å². The minimum atomic E-state index is -0.843. The highest BCUT2D eigenvalue weighted by molar-refractivity contribution is 5.86. The molecule has 0 saturated carbocycles. The summed E-state index contributed by atoms with van der Waals surface area (Å²) in [5, 5.41) is 2.70. The number of nitrogens with one attached hydrogen (secondary N) is 1. The highest BCUT2D eigenvalue weighted by atomic mass is 19.1. The summed E-state index contributed by atoms with van der Waals surface area (Å²) in [6.45, 7) is 0.577. The number of methoxy groups -OCH3 is 1. The third-order valence-electron chi connectivity index (χ3n) is 3.56. The highest BCUT2D eigenvalue weighted by Crippen LogP contribution is 2.29. The Bertz CT molecular complexity index is 535. The second kappa shape index (κ2) is 7.33. The molecule has 1 aliphatic rings. The van der Waals surface area contributed by atoms with E-state index < -0.39 is 12.1 Å². The summed E-state index contributed by atoms with van der Waals surface area (Å²) in [5.41, 5.74) is 0.642. The number of carbonyl (C=O) groups is 2. The molecule has 0 unspecified atom stereocenters. The molecule has 1 N–H and O–H groups in total. The molecule has 22 heavy (non-hydrogen) atoms. The summed E-state index contributed by atoms with van der Waals surface area (Å²) in [4.78, 5) is 25.6. The van der Waals surface area contributed by atoms with Crippen LogP contribution in [0.2, 0.25) is 0 Å². The van der Waals surface area contributed by atoms with Crippen LogP contribution in [-0.4, -0.2) is 56.7 Å². The first kappa shape index (κ1) is 16.4. The Morgan fingerprint density at radius 2 is 2.14 bits per heavy atom. The quantitative estimate of drug-likeness (QED) is 0.804. The zero-order chi connectivity index (χ0) is 16.1. The van der Waals surface area contributed by atoms with Gasteiger partial charge in [0.2, 0.25) is 5.91 Å². The lowest BCUT2D eigenvalue weighted by molar-refractivity contribution is -0.162. The molecule has 0 spiro atoms. The second-order valence-electron chi connectivity index (χ2n) is 5.02. The molecule has 1 saturated heterocycles. The Kier molecular flexibility index (Phi) is 5.46. The van der Waals surface area contributed by atoms with Crippen LogP contribution in [0, 0.1) is 5.82 Å². The van der Waals surface area contributed by atoms with Gasteiger partial charge >= 0.3 is 0 Å². The maximum Gasteiger partial charge on any atom is 0.251 e. The van der Waals surface area contributed by atoms with Gasteiger partial charge in [0, 0.05) is 20.7 Å². The number of morpholine rings is 1. The van der Waals surface area contributed by atoms with Crippen molar-refractivity contribution in [3.8, 4) is 0 Å². The van der Waals surface area contributed by atoms with E-state index in [9.17, 15) is 14.0 Å². The van der Waals surface area contributed by atoms with Crippen LogP contribution in [0.15, 0.2) is 24.3 Å². The molecule has 2 rings (SSSR count). The number of hydrogen-bond donors (Lipinski definition) is 1. The predicted molar refractivity (Wildman–Crippen MR) is 76.5 cm³/mol. The number of likely N-dealkylation sites (N-methyl/N-ethyl adjacent to an activating group) is 1. The highest BCUT2D eigenvalue weighted by Gasteiger charge is 2.39. The lowest BCUT2D eigenvalue weighted by Crippen LogP contribution is -2.53. The number of hydrogen-bond acceptors (Lipinski definition) is 4. The second-order valence-corrected chi connectivity index (χ2v) is 5.02. The Morgan fingerprint density at radius 3 is 2.77 bits per heavy atom. The minimum absolute atomic E-state index is 0.156. The van der Waals surface area contributed by atoms with Crippen molar-refractivity contribution in [2.75, 3.05) is 33.9 Å². The van der Waals surface area contributed by atoms with Crippen LogP contribution in [0.1, 0.15) is 11.6 Å². The number of halogens is 1. The third-order valence-corrected chi connectivity index (χ3v) is 3.56. The van der Waals surface area contributed by atoms with E-state index in [1.807, 2.05) is 0 Å². The van der Waals surface area contributed by atoms with Gasteiger partial charge in [-0.3, -0.25) is 9.59 Å². The Balaban J connectivity index is 2.20. The molecule has 7 heteroatoms. The lowest BCUT2D eigenvalue weighted by atomic mass is 9.97. The summed E-state index contributed by atoms with van der Waals surface area (Å²) in [6.07, 6.45) is -0.843. The van der Waals surface area contributed by atoms with E-state index >= 15 is 0 Å². The van der Waals surface area contributed by atoms with Gasteiger partial charge in [0.05, 0.1) is 12.6 Å². The summed E-state index contributed by atoms with van der Waals surface area (Å²) in [7, 11) is 3.14. The van der Waals surface area contributed by atoms with Crippen LogP contribution in [0.5, 0.6) is 0 Å². The van der Waals surface area contributed by atoms with Crippen LogP contribution in [0.4, 0.5) is 4.39 Å². The topological polar surface area (TPSA) is 67.9 Å². The van der Waals surface area contributed by atoms with Crippen molar-refractivity contribution in [2.45, 2.75) is 12.1 Å². The van der Waals surface area contributed by atoms with Gasteiger partial charge in [0.25, 0.3) is 5.91 Å². The van der Waals surface area contributed by atoms with Gasteiger partial charge in [-0.25, -0.2) is 4.39 Å². The zero-order valence-corrected chi connectivity index (χ0v) is 12.5. The van der Waals surface area contributed by atoms with Gasteiger partial charge < -0.3 is 19.7 Å². The fourth-order valence-electron chi connectivity index (χ4n) is 2.37. The molecule has 1 fully saturated rings. The van der Waals surface area contributed by atoms with Crippen LogP contribution < -0.4 is 5.32 Å². The van der Waals surface area contributed by atoms with Crippen molar-refractivity contribution >= 4 is 11.8 Å². The smallest absolute Gasteiger partial charge is 0.251 e. The molecule has 0 aliphatic carbocycles. The van der Waals surface area contributed by atoms with Gasteiger partial charge in [-0.2, -0.15) is 0 Å². The SMILES string of the molecule is COCCNC(=O)[C@H]1OCC(=O)N(C)[C@H]1c1ccc(F)cc1. The van der Waals surface area contributed by atoms with Crippen LogP contribution in [0.25, 0.3) is 0 Å². The first-order valence-electron chi connectivity index (χ1n) is 6.94. The van der Waals surface area contributed by atoms with Crippen LogP contribution in [0.3, 0.4) is 0 Å². The molecule has 0 radical (unpaired) electrons. The molecule has 0 aromatic heterocycles. The van der Waals surface area contributed by atoms with E-state index in [-0.39, 0.29) is 24.2 Å². The van der Waals surface area contributed by atoms with Crippen molar-refractivity contribution in [1.82, 2.24) is 10.2 Å². The molecular formula is C15H19FN2O4. The molecule has 1 aromatic carbocycles.